The summed E-state index contributed by atoms with van der Waals surface area (Å²) in [7, 11) is 0. The molecule has 0 aliphatic carbocycles. The van der Waals surface area contributed by atoms with Gasteiger partial charge in [0.15, 0.2) is 0 Å². The maximum atomic E-state index is 13.4. The molecule has 0 saturated carbocycles. The normalized spacial score (nSPS) is 15.5. The van der Waals surface area contributed by atoms with E-state index in [1.807, 2.05) is 65.6 Å². The molecule has 1 aliphatic rings. The summed E-state index contributed by atoms with van der Waals surface area (Å²) in [6.07, 6.45) is 0.731. The van der Waals surface area contributed by atoms with E-state index in [2.05, 4.69) is 24.3 Å². The summed E-state index contributed by atoms with van der Waals surface area (Å²) in [6, 6.07) is 28.3. The van der Waals surface area contributed by atoms with Crippen molar-refractivity contribution in [1.29, 1.82) is 0 Å². The van der Waals surface area contributed by atoms with Gasteiger partial charge in [-0.2, -0.15) is 0 Å². The Bertz CT molecular complexity index is 851. The maximum absolute atomic E-state index is 13.4. The van der Waals surface area contributed by atoms with Gasteiger partial charge in [-0.15, -0.1) is 0 Å². The predicted octanol–water partition coefficient (Wildman–Crippen LogP) is 4.47. The first kappa shape index (κ1) is 17.3. The molecule has 3 heteroatoms. The SMILES string of the molecule is O=C(C1COc2ccccc2C1)N(Cc1ccccc1)Cc1ccccc1. The monoisotopic (exact) mass is 357 g/mol. The zero-order valence-corrected chi connectivity index (χ0v) is 15.3. The second-order valence-electron chi connectivity index (χ2n) is 6.99. The Balaban J connectivity index is 1.55. The molecule has 1 aliphatic heterocycles. The smallest absolute Gasteiger partial charge is 0.230 e. The van der Waals surface area contributed by atoms with E-state index >= 15 is 0 Å². The minimum Gasteiger partial charge on any atom is -0.492 e. The highest BCUT2D eigenvalue weighted by Crippen LogP contribution is 2.28. The van der Waals surface area contributed by atoms with E-state index in [0.717, 1.165) is 28.9 Å². The Morgan fingerprint density at radius 3 is 2.00 bits per heavy atom. The zero-order chi connectivity index (χ0) is 18.5. The zero-order valence-electron chi connectivity index (χ0n) is 15.3. The van der Waals surface area contributed by atoms with Crippen LogP contribution in [0.4, 0.5) is 0 Å². The third-order valence-electron chi connectivity index (χ3n) is 4.97. The third-order valence-corrected chi connectivity index (χ3v) is 4.97. The van der Waals surface area contributed by atoms with E-state index in [1.165, 1.54) is 0 Å². The van der Waals surface area contributed by atoms with Gasteiger partial charge in [-0.1, -0.05) is 78.9 Å². The molecule has 3 nitrogen and oxygen atoms in total. The van der Waals surface area contributed by atoms with Gasteiger partial charge in [-0.3, -0.25) is 4.79 Å². The van der Waals surface area contributed by atoms with E-state index in [9.17, 15) is 4.79 Å². The Kier molecular flexibility index (Phi) is 5.20. The molecule has 0 N–H and O–H groups in total. The van der Waals surface area contributed by atoms with E-state index in [-0.39, 0.29) is 11.8 Å². The van der Waals surface area contributed by atoms with Gasteiger partial charge in [0.25, 0.3) is 0 Å². The fraction of sp³-hybridized carbons (Fsp3) is 0.208. The topological polar surface area (TPSA) is 29.5 Å². The molecule has 0 aromatic heterocycles. The van der Waals surface area contributed by atoms with Crippen molar-refractivity contribution in [2.45, 2.75) is 19.5 Å². The van der Waals surface area contributed by atoms with Crippen LogP contribution < -0.4 is 4.74 Å². The van der Waals surface area contributed by atoms with Gasteiger partial charge in [-0.05, 0) is 29.2 Å². The van der Waals surface area contributed by atoms with Gasteiger partial charge in [0.2, 0.25) is 5.91 Å². The minimum atomic E-state index is -0.146. The Labute approximate surface area is 160 Å². The summed E-state index contributed by atoms with van der Waals surface area (Å²) in [6.45, 7) is 1.65. The molecular weight excluding hydrogens is 334 g/mol. The van der Waals surface area contributed by atoms with Crippen LogP contribution in [0.15, 0.2) is 84.9 Å². The van der Waals surface area contributed by atoms with Crippen molar-refractivity contribution in [1.82, 2.24) is 4.90 Å². The third kappa shape index (κ3) is 4.20. The van der Waals surface area contributed by atoms with Crippen molar-refractivity contribution >= 4 is 5.91 Å². The molecule has 27 heavy (non-hydrogen) atoms. The summed E-state index contributed by atoms with van der Waals surface area (Å²) in [4.78, 5) is 15.3. The average Bonchev–Trinajstić information content (AvgIpc) is 2.74. The molecular formula is C24H23NO2. The first-order valence-corrected chi connectivity index (χ1v) is 9.37. The van der Waals surface area contributed by atoms with Crippen LogP contribution in [-0.2, 0) is 24.3 Å². The molecule has 136 valence electrons. The lowest BCUT2D eigenvalue weighted by Crippen LogP contribution is -2.40. The lowest BCUT2D eigenvalue weighted by Gasteiger charge is -2.30. The highest BCUT2D eigenvalue weighted by molar-refractivity contribution is 5.80. The molecule has 0 bridgehead atoms. The number of ether oxygens (including phenoxy) is 1. The average molecular weight is 357 g/mol. The largest absolute Gasteiger partial charge is 0.492 e. The number of para-hydroxylation sites is 1. The van der Waals surface area contributed by atoms with E-state index in [1.54, 1.807) is 0 Å². The minimum absolute atomic E-state index is 0.146. The van der Waals surface area contributed by atoms with E-state index in [0.29, 0.717) is 19.7 Å². The Morgan fingerprint density at radius 2 is 1.37 bits per heavy atom. The van der Waals surface area contributed by atoms with Gasteiger partial charge in [-0.25, -0.2) is 0 Å². The maximum Gasteiger partial charge on any atom is 0.230 e. The van der Waals surface area contributed by atoms with Gasteiger partial charge >= 0.3 is 0 Å². The van der Waals surface area contributed by atoms with Crippen LogP contribution in [0.5, 0.6) is 5.75 Å². The molecule has 0 saturated heterocycles. The van der Waals surface area contributed by atoms with Gasteiger partial charge in [0, 0.05) is 13.1 Å². The number of rotatable bonds is 5. The molecule has 1 unspecified atom stereocenters. The molecule has 0 spiro atoms. The predicted molar refractivity (Wildman–Crippen MR) is 106 cm³/mol. The Hall–Kier alpha value is -3.07. The molecule has 0 fully saturated rings. The first-order valence-electron chi connectivity index (χ1n) is 9.37. The highest BCUT2D eigenvalue weighted by atomic mass is 16.5. The summed E-state index contributed by atoms with van der Waals surface area (Å²) in [5.41, 5.74) is 3.39. The molecule has 4 rings (SSSR count). The molecule has 3 aromatic rings. The quantitative estimate of drug-likeness (QED) is 0.674. The van der Waals surface area contributed by atoms with Gasteiger partial charge < -0.3 is 9.64 Å². The second kappa shape index (κ2) is 8.09. The second-order valence-corrected chi connectivity index (χ2v) is 6.99. The fourth-order valence-electron chi connectivity index (χ4n) is 3.56. The van der Waals surface area contributed by atoms with Crippen LogP contribution in [0.2, 0.25) is 0 Å². The van der Waals surface area contributed by atoms with Crippen molar-refractivity contribution in [2.75, 3.05) is 6.61 Å². The standard InChI is InChI=1S/C24H23NO2/c26-24(22-15-21-13-7-8-14-23(21)27-18-22)25(16-19-9-3-1-4-10-19)17-20-11-5-2-6-12-20/h1-14,22H,15-18H2. The van der Waals surface area contributed by atoms with Crippen LogP contribution in [0.3, 0.4) is 0 Å². The molecule has 1 atom stereocenters. The summed E-state index contributed by atoms with van der Waals surface area (Å²) >= 11 is 0. The van der Waals surface area contributed by atoms with Crippen LogP contribution in [0.25, 0.3) is 0 Å². The number of carbonyl (C=O) groups excluding carboxylic acids is 1. The first-order chi connectivity index (χ1) is 13.3. The van der Waals surface area contributed by atoms with Crippen molar-refractivity contribution in [3.63, 3.8) is 0 Å². The van der Waals surface area contributed by atoms with Crippen LogP contribution >= 0.6 is 0 Å². The summed E-state index contributed by atoms with van der Waals surface area (Å²) in [5, 5.41) is 0. The van der Waals surface area contributed by atoms with Crippen LogP contribution in [0.1, 0.15) is 16.7 Å². The van der Waals surface area contributed by atoms with E-state index < -0.39 is 0 Å². The van der Waals surface area contributed by atoms with Crippen LogP contribution in [-0.4, -0.2) is 17.4 Å². The van der Waals surface area contributed by atoms with Crippen molar-refractivity contribution < 1.29 is 9.53 Å². The number of hydrogen-bond acceptors (Lipinski definition) is 2. The number of carbonyl (C=O) groups is 1. The van der Waals surface area contributed by atoms with Gasteiger partial charge in [0.1, 0.15) is 12.4 Å². The summed E-state index contributed by atoms with van der Waals surface area (Å²) in [5.74, 6) is 0.906. The van der Waals surface area contributed by atoms with Gasteiger partial charge in [0.05, 0.1) is 5.92 Å². The van der Waals surface area contributed by atoms with Crippen LogP contribution in [0, 0.1) is 5.92 Å². The number of nitrogens with zero attached hydrogens (tertiary/aromatic N) is 1. The summed E-state index contributed by atoms with van der Waals surface area (Å²) < 4.78 is 5.86. The van der Waals surface area contributed by atoms with E-state index in [4.69, 9.17) is 4.74 Å². The highest BCUT2D eigenvalue weighted by Gasteiger charge is 2.29. The lowest BCUT2D eigenvalue weighted by atomic mass is 9.95. The van der Waals surface area contributed by atoms with Crippen molar-refractivity contribution in [3.05, 3.63) is 102 Å². The molecule has 1 amide bonds. The number of fused-ring (bicyclic) bond motifs is 1. The molecule has 3 aromatic carbocycles. The van der Waals surface area contributed by atoms with Crippen molar-refractivity contribution in [2.24, 2.45) is 5.92 Å². The Morgan fingerprint density at radius 1 is 0.815 bits per heavy atom. The molecule has 0 radical (unpaired) electrons. The fourth-order valence-corrected chi connectivity index (χ4v) is 3.56. The van der Waals surface area contributed by atoms with Crippen molar-refractivity contribution in [3.8, 4) is 5.75 Å². The number of hydrogen-bond donors (Lipinski definition) is 0. The lowest BCUT2D eigenvalue weighted by molar-refractivity contribution is -0.138. The molecule has 1 heterocycles. The number of benzene rings is 3. The number of amides is 1.